The fourth-order valence-electron chi connectivity index (χ4n) is 0.340. The first-order valence-electron chi connectivity index (χ1n) is 2.44. The van der Waals surface area contributed by atoms with E-state index in [1.165, 1.54) is 0 Å². The summed E-state index contributed by atoms with van der Waals surface area (Å²) < 4.78 is 60.7. The van der Waals surface area contributed by atoms with E-state index in [2.05, 4.69) is 4.74 Å². The Balaban J connectivity index is 4.75. The molecule has 0 amide bonds. The summed E-state index contributed by atoms with van der Waals surface area (Å²) in [5.74, 6) is -7.91. The van der Waals surface area contributed by atoms with Crippen molar-refractivity contribution >= 4 is 5.97 Å². The molecule has 8 heteroatoms. The molecule has 12 heavy (non-hydrogen) atoms. The predicted octanol–water partition coefficient (Wildman–Crippen LogP) is 1.24. The van der Waals surface area contributed by atoms with Crippen LogP contribution in [0.15, 0.2) is 0 Å². The van der Waals surface area contributed by atoms with Crippen LogP contribution in [0.2, 0.25) is 0 Å². The Bertz CT molecular complexity index is 178. The van der Waals surface area contributed by atoms with Crippen molar-refractivity contribution < 1.29 is 36.6 Å². The van der Waals surface area contributed by atoms with Gasteiger partial charge in [0.2, 0.25) is 0 Å². The van der Waals surface area contributed by atoms with Gasteiger partial charge in [0.1, 0.15) is 0 Å². The minimum Gasteiger partial charge on any atom is -0.477 e. The SMILES string of the molecule is O=C(O)C(F)(OCF)C(F)(F)F. The van der Waals surface area contributed by atoms with Gasteiger partial charge in [-0.25, -0.2) is 9.18 Å². The number of carbonyl (C=O) groups is 1. The van der Waals surface area contributed by atoms with E-state index in [0.29, 0.717) is 0 Å². The molecule has 1 unspecified atom stereocenters. The highest BCUT2D eigenvalue weighted by atomic mass is 19.4. The summed E-state index contributed by atoms with van der Waals surface area (Å²) in [5.41, 5.74) is 0. The zero-order valence-electron chi connectivity index (χ0n) is 5.36. The molecule has 0 radical (unpaired) electrons. The fraction of sp³-hybridized carbons (Fsp3) is 0.750. The molecule has 0 saturated carbocycles. The minimum absolute atomic E-state index is 2.18. The fourth-order valence-corrected chi connectivity index (χ4v) is 0.340. The van der Waals surface area contributed by atoms with Crippen LogP contribution in [-0.2, 0) is 9.53 Å². The van der Waals surface area contributed by atoms with Gasteiger partial charge in [0.15, 0.2) is 6.86 Å². The van der Waals surface area contributed by atoms with Gasteiger partial charge >= 0.3 is 18.0 Å². The smallest absolute Gasteiger partial charge is 0.460 e. The number of carboxylic acid groups (broad SMARTS) is 1. The summed E-state index contributed by atoms with van der Waals surface area (Å²) in [5, 5.41) is 7.71. The topological polar surface area (TPSA) is 46.5 Å². The standard InChI is InChI=1S/C4H3F5O3/c5-1-12-3(6,2(10)11)4(7,8)9/h1H2,(H,10,11). The first-order chi connectivity index (χ1) is 5.25. The van der Waals surface area contributed by atoms with Gasteiger partial charge in [-0.3, -0.25) is 4.74 Å². The van der Waals surface area contributed by atoms with Crippen molar-refractivity contribution in [3.63, 3.8) is 0 Å². The van der Waals surface area contributed by atoms with Crippen LogP contribution in [-0.4, -0.2) is 30.0 Å². The van der Waals surface area contributed by atoms with Crippen LogP contribution in [0.1, 0.15) is 0 Å². The highest BCUT2D eigenvalue weighted by Crippen LogP contribution is 2.35. The maximum absolute atomic E-state index is 12.2. The lowest BCUT2D eigenvalue weighted by atomic mass is 10.3. The second-order valence-electron chi connectivity index (χ2n) is 1.65. The molecule has 0 aliphatic rings. The maximum atomic E-state index is 12.2. The lowest BCUT2D eigenvalue weighted by Crippen LogP contribution is -2.50. The van der Waals surface area contributed by atoms with Crippen molar-refractivity contribution in [2.75, 3.05) is 6.86 Å². The Hall–Kier alpha value is -0.920. The van der Waals surface area contributed by atoms with Crippen molar-refractivity contribution in [1.82, 2.24) is 0 Å². The van der Waals surface area contributed by atoms with Crippen molar-refractivity contribution in [3.05, 3.63) is 0 Å². The summed E-state index contributed by atoms with van der Waals surface area (Å²) in [6, 6.07) is 0. The van der Waals surface area contributed by atoms with E-state index in [-0.39, 0.29) is 0 Å². The zero-order valence-corrected chi connectivity index (χ0v) is 5.36. The number of hydrogen-bond acceptors (Lipinski definition) is 2. The van der Waals surface area contributed by atoms with E-state index in [9.17, 15) is 26.7 Å². The van der Waals surface area contributed by atoms with E-state index in [0.717, 1.165) is 0 Å². The average molecular weight is 194 g/mol. The highest BCUT2D eigenvalue weighted by molar-refractivity contribution is 5.76. The number of halogens is 5. The molecule has 72 valence electrons. The second kappa shape index (κ2) is 3.21. The van der Waals surface area contributed by atoms with Gasteiger partial charge in [-0.15, -0.1) is 0 Å². The molecule has 0 heterocycles. The molecule has 3 nitrogen and oxygen atoms in total. The Morgan fingerprint density at radius 1 is 1.33 bits per heavy atom. The maximum Gasteiger partial charge on any atom is 0.460 e. The molecule has 0 bridgehead atoms. The van der Waals surface area contributed by atoms with E-state index in [1.807, 2.05) is 0 Å². The van der Waals surface area contributed by atoms with Crippen molar-refractivity contribution in [1.29, 1.82) is 0 Å². The monoisotopic (exact) mass is 194 g/mol. The first-order valence-corrected chi connectivity index (χ1v) is 2.44. The normalized spacial score (nSPS) is 17.1. The van der Waals surface area contributed by atoms with Crippen molar-refractivity contribution in [3.8, 4) is 0 Å². The molecule has 0 aliphatic carbocycles. The number of carboxylic acids is 1. The Labute approximate surface area is 62.7 Å². The Kier molecular flexibility index (Phi) is 2.97. The van der Waals surface area contributed by atoms with E-state index in [1.54, 1.807) is 0 Å². The molecule has 0 saturated heterocycles. The van der Waals surface area contributed by atoms with Gasteiger partial charge < -0.3 is 5.11 Å². The van der Waals surface area contributed by atoms with E-state index >= 15 is 0 Å². The molecular weight excluding hydrogens is 191 g/mol. The van der Waals surface area contributed by atoms with Crippen molar-refractivity contribution in [2.45, 2.75) is 12.0 Å². The molecular formula is C4H3F5O3. The highest BCUT2D eigenvalue weighted by Gasteiger charge is 2.64. The third-order valence-electron chi connectivity index (χ3n) is 0.893. The molecule has 0 spiro atoms. The molecule has 1 N–H and O–H groups in total. The number of ether oxygens (including phenoxy) is 1. The van der Waals surface area contributed by atoms with Gasteiger partial charge in [0.05, 0.1) is 0 Å². The molecule has 0 aromatic heterocycles. The largest absolute Gasteiger partial charge is 0.477 e. The van der Waals surface area contributed by atoms with Gasteiger partial charge in [0.25, 0.3) is 0 Å². The predicted molar refractivity (Wildman–Crippen MR) is 24.6 cm³/mol. The molecule has 0 aromatic carbocycles. The number of rotatable bonds is 3. The molecule has 0 fully saturated rings. The Morgan fingerprint density at radius 3 is 1.83 bits per heavy atom. The molecule has 0 aliphatic heterocycles. The lowest BCUT2D eigenvalue weighted by Gasteiger charge is -2.21. The van der Waals surface area contributed by atoms with Crippen molar-refractivity contribution in [2.24, 2.45) is 0 Å². The van der Waals surface area contributed by atoms with Crippen LogP contribution in [0.25, 0.3) is 0 Å². The quantitative estimate of drug-likeness (QED) is 0.687. The zero-order chi connectivity index (χ0) is 9.99. The first kappa shape index (κ1) is 11.1. The van der Waals surface area contributed by atoms with Crippen LogP contribution < -0.4 is 0 Å². The summed E-state index contributed by atoms with van der Waals surface area (Å²) in [4.78, 5) is 9.67. The summed E-state index contributed by atoms with van der Waals surface area (Å²) in [6.45, 7) is -2.18. The van der Waals surface area contributed by atoms with Gasteiger partial charge in [-0.05, 0) is 0 Å². The van der Waals surface area contributed by atoms with E-state index in [4.69, 9.17) is 5.11 Å². The van der Waals surface area contributed by atoms with Crippen LogP contribution in [0.4, 0.5) is 22.0 Å². The Morgan fingerprint density at radius 2 is 1.75 bits per heavy atom. The van der Waals surface area contributed by atoms with Gasteiger partial charge in [0, 0.05) is 0 Å². The van der Waals surface area contributed by atoms with Crippen LogP contribution in [0.3, 0.4) is 0 Å². The third-order valence-corrected chi connectivity index (χ3v) is 0.893. The molecule has 1 atom stereocenters. The number of hydrogen-bond donors (Lipinski definition) is 1. The van der Waals surface area contributed by atoms with Crippen LogP contribution in [0, 0.1) is 0 Å². The molecule has 0 rings (SSSR count). The van der Waals surface area contributed by atoms with Crippen LogP contribution in [0.5, 0.6) is 0 Å². The van der Waals surface area contributed by atoms with Gasteiger partial charge in [-0.1, -0.05) is 0 Å². The summed E-state index contributed by atoms with van der Waals surface area (Å²) in [6.07, 6.45) is -5.80. The summed E-state index contributed by atoms with van der Waals surface area (Å²) >= 11 is 0. The number of aliphatic carboxylic acids is 1. The third kappa shape index (κ3) is 1.81. The minimum atomic E-state index is -5.80. The van der Waals surface area contributed by atoms with Gasteiger partial charge in [-0.2, -0.15) is 17.6 Å². The van der Waals surface area contributed by atoms with E-state index < -0.39 is 24.9 Å². The molecule has 0 aromatic rings. The second-order valence-corrected chi connectivity index (χ2v) is 1.65. The number of alkyl halides is 5. The summed E-state index contributed by atoms with van der Waals surface area (Å²) in [7, 11) is 0. The van der Waals surface area contributed by atoms with Crippen LogP contribution >= 0.6 is 0 Å². The lowest BCUT2D eigenvalue weighted by molar-refractivity contribution is -0.329. The average Bonchev–Trinajstić information content (AvgIpc) is 1.85.